The first kappa shape index (κ1) is 14.1. The molecule has 5 heteroatoms. The molecule has 1 aromatic carbocycles. The Hall–Kier alpha value is -1.81. The van der Waals surface area contributed by atoms with Crippen molar-refractivity contribution in [1.82, 2.24) is 9.97 Å². The van der Waals surface area contributed by atoms with Gasteiger partial charge in [0.25, 0.3) is 0 Å². The first-order valence-electron chi connectivity index (χ1n) is 7.29. The van der Waals surface area contributed by atoms with Crippen LogP contribution in [0.1, 0.15) is 18.9 Å². The van der Waals surface area contributed by atoms with E-state index >= 15 is 0 Å². The van der Waals surface area contributed by atoms with Gasteiger partial charge in [0.1, 0.15) is 17.3 Å². The Balaban J connectivity index is 2.10. The van der Waals surface area contributed by atoms with E-state index in [1.807, 2.05) is 0 Å². The lowest BCUT2D eigenvalue weighted by molar-refractivity contribution is 0.798. The molecular weight excluding hydrogens is 284 g/mol. The van der Waals surface area contributed by atoms with Crippen molar-refractivity contribution in [3.8, 4) is 0 Å². The molecule has 3 rings (SSSR count). The number of benzene rings is 1. The van der Waals surface area contributed by atoms with E-state index in [2.05, 4.69) is 58.0 Å². The molecule has 110 valence electrons. The predicted molar refractivity (Wildman–Crippen MR) is 87.8 cm³/mol. The van der Waals surface area contributed by atoms with Crippen LogP contribution in [0.25, 0.3) is 0 Å². The van der Waals surface area contributed by atoms with Gasteiger partial charge in [-0.1, -0.05) is 37.1 Å². The van der Waals surface area contributed by atoms with E-state index in [0.29, 0.717) is 5.15 Å². The molecule has 4 nitrogen and oxygen atoms in total. The van der Waals surface area contributed by atoms with Gasteiger partial charge in [-0.25, -0.2) is 9.97 Å². The van der Waals surface area contributed by atoms with Crippen LogP contribution in [0.4, 0.5) is 17.2 Å². The Morgan fingerprint density at radius 3 is 2.67 bits per heavy atom. The molecule has 0 atom stereocenters. The number of hydrogen-bond acceptors (Lipinski definition) is 4. The highest BCUT2D eigenvalue weighted by Gasteiger charge is 2.24. The van der Waals surface area contributed by atoms with E-state index in [0.717, 1.165) is 37.3 Å². The molecule has 1 aromatic heterocycles. The van der Waals surface area contributed by atoms with Gasteiger partial charge in [0, 0.05) is 25.7 Å². The second kappa shape index (κ2) is 5.90. The van der Waals surface area contributed by atoms with Crippen molar-refractivity contribution in [3.63, 3.8) is 0 Å². The fraction of sp³-hybridized carbons (Fsp3) is 0.375. The zero-order valence-corrected chi connectivity index (χ0v) is 13.1. The smallest absolute Gasteiger partial charge is 0.141 e. The molecule has 21 heavy (non-hydrogen) atoms. The molecule has 2 heterocycles. The molecule has 0 aliphatic carbocycles. The number of aromatic nitrogens is 2. The van der Waals surface area contributed by atoms with Crippen LogP contribution in [0.5, 0.6) is 0 Å². The summed E-state index contributed by atoms with van der Waals surface area (Å²) < 4.78 is 0. The monoisotopic (exact) mass is 302 g/mol. The van der Waals surface area contributed by atoms with Crippen LogP contribution in [0, 0.1) is 0 Å². The maximum absolute atomic E-state index is 6.29. The fourth-order valence-corrected chi connectivity index (χ4v) is 3.03. The minimum atomic E-state index is 0.568. The maximum Gasteiger partial charge on any atom is 0.141 e. The average molecular weight is 303 g/mol. The van der Waals surface area contributed by atoms with Gasteiger partial charge in [0.2, 0.25) is 0 Å². The molecule has 1 aliphatic heterocycles. The third-order valence-corrected chi connectivity index (χ3v) is 4.19. The normalized spacial score (nSPS) is 14.2. The molecule has 0 amide bonds. The summed E-state index contributed by atoms with van der Waals surface area (Å²) >= 11 is 6.29. The van der Waals surface area contributed by atoms with Crippen molar-refractivity contribution in [3.05, 3.63) is 41.3 Å². The van der Waals surface area contributed by atoms with Crippen molar-refractivity contribution in [2.24, 2.45) is 0 Å². The molecule has 0 radical (unpaired) electrons. The van der Waals surface area contributed by atoms with Crippen LogP contribution in [0.2, 0.25) is 5.15 Å². The van der Waals surface area contributed by atoms with Gasteiger partial charge in [-0.05, 0) is 18.6 Å². The van der Waals surface area contributed by atoms with Crippen molar-refractivity contribution in [1.29, 1.82) is 0 Å². The maximum atomic E-state index is 6.29. The quantitative estimate of drug-likeness (QED) is 0.810. The topological polar surface area (TPSA) is 32.3 Å². The number of likely N-dealkylation sites (N-methyl/N-ethyl adjacent to an activating group) is 1. The zero-order chi connectivity index (χ0) is 14.8. The SMILES string of the molecule is CCCc1c(Cl)ncnc1N1CCN(C)c2ccccc21. The standard InChI is InChI=1S/C16H19ClN4/c1-3-6-12-15(17)18-11-19-16(12)21-10-9-20(2)13-7-4-5-8-14(13)21/h4-5,7-8,11H,3,6,9-10H2,1-2H3. The van der Waals surface area contributed by atoms with Gasteiger partial charge in [0.05, 0.1) is 11.4 Å². The van der Waals surface area contributed by atoms with E-state index in [1.165, 1.54) is 11.4 Å². The molecule has 0 N–H and O–H groups in total. The van der Waals surface area contributed by atoms with Crippen molar-refractivity contribution in [2.45, 2.75) is 19.8 Å². The summed E-state index contributed by atoms with van der Waals surface area (Å²) in [5.41, 5.74) is 3.44. The highest BCUT2D eigenvalue weighted by molar-refractivity contribution is 6.30. The Morgan fingerprint density at radius 2 is 1.90 bits per heavy atom. The lowest BCUT2D eigenvalue weighted by Crippen LogP contribution is -2.37. The number of nitrogens with zero attached hydrogens (tertiary/aromatic N) is 4. The highest BCUT2D eigenvalue weighted by Crippen LogP contribution is 2.38. The number of anilines is 3. The lowest BCUT2D eigenvalue weighted by atomic mass is 10.1. The Morgan fingerprint density at radius 1 is 1.14 bits per heavy atom. The molecule has 0 unspecified atom stereocenters. The van der Waals surface area contributed by atoms with E-state index in [-0.39, 0.29) is 0 Å². The van der Waals surface area contributed by atoms with E-state index in [1.54, 1.807) is 6.33 Å². The minimum absolute atomic E-state index is 0.568. The van der Waals surface area contributed by atoms with Crippen LogP contribution in [-0.4, -0.2) is 30.1 Å². The van der Waals surface area contributed by atoms with Gasteiger partial charge < -0.3 is 9.80 Å². The summed E-state index contributed by atoms with van der Waals surface area (Å²) in [6.45, 7) is 4.01. The zero-order valence-electron chi connectivity index (χ0n) is 12.4. The van der Waals surface area contributed by atoms with Gasteiger partial charge in [-0.3, -0.25) is 0 Å². The van der Waals surface area contributed by atoms with Gasteiger partial charge in [-0.15, -0.1) is 0 Å². The number of para-hydroxylation sites is 2. The molecular formula is C16H19ClN4. The Kier molecular flexibility index (Phi) is 3.97. The largest absolute Gasteiger partial charge is 0.371 e. The minimum Gasteiger partial charge on any atom is -0.371 e. The summed E-state index contributed by atoms with van der Waals surface area (Å²) in [6.07, 6.45) is 3.47. The first-order chi connectivity index (χ1) is 10.2. The number of hydrogen-bond donors (Lipinski definition) is 0. The van der Waals surface area contributed by atoms with Crippen LogP contribution in [0.3, 0.4) is 0 Å². The number of halogens is 1. The van der Waals surface area contributed by atoms with Crippen LogP contribution < -0.4 is 9.80 Å². The van der Waals surface area contributed by atoms with Crippen molar-refractivity contribution < 1.29 is 0 Å². The molecule has 1 aliphatic rings. The van der Waals surface area contributed by atoms with Crippen LogP contribution >= 0.6 is 11.6 Å². The summed E-state index contributed by atoms with van der Waals surface area (Å²) in [5.74, 6) is 0.942. The Labute approximate surface area is 130 Å². The predicted octanol–water partition coefficient (Wildman–Crippen LogP) is 3.67. The van der Waals surface area contributed by atoms with Gasteiger partial charge in [0.15, 0.2) is 0 Å². The van der Waals surface area contributed by atoms with E-state index < -0.39 is 0 Å². The fourth-order valence-electron chi connectivity index (χ4n) is 2.81. The highest BCUT2D eigenvalue weighted by atomic mass is 35.5. The van der Waals surface area contributed by atoms with Crippen LogP contribution in [-0.2, 0) is 6.42 Å². The van der Waals surface area contributed by atoms with Crippen molar-refractivity contribution >= 4 is 28.8 Å². The lowest BCUT2D eigenvalue weighted by Gasteiger charge is -2.37. The van der Waals surface area contributed by atoms with E-state index in [9.17, 15) is 0 Å². The molecule has 0 saturated carbocycles. The summed E-state index contributed by atoms with van der Waals surface area (Å²) in [5, 5.41) is 0.568. The molecule has 0 saturated heterocycles. The molecule has 2 aromatic rings. The van der Waals surface area contributed by atoms with Gasteiger partial charge >= 0.3 is 0 Å². The number of fused-ring (bicyclic) bond motifs is 1. The first-order valence-corrected chi connectivity index (χ1v) is 7.67. The average Bonchev–Trinajstić information content (AvgIpc) is 2.51. The van der Waals surface area contributed by atoms with Crippen LogP contribution in [0.15, 0.2) is 30.6 Å². The Bertz CT molecular complexity index is 644. The second-order valence-electron chi connectivity index (χ2n) is 5.28. The number of rotatable bonds is 3. The van der Waals surface area contributed by atoms with Crippen molar-refractivity contribution in [2.75, 3.05) is 29.9 Å². The summed E-state index contributed by atoms with van der Waals surface area (Å²) in [7, 11) is 2.12. The second-order valence-corrected chi connectivity index (χ2v) is 5.64. The van der Waals surface area contributed by atoms with Gasteiger partial charge in [-0.2, -0.15) is 0 Å². The van der Waals surface area contributed by atoms with E-state index in [4.69, 9.17) is 11.6 Å². The summed E-state index contributed by atoms with van der Waals surface area (Å²) in [4.78, 5) is 13.2. The molecule has 0 bridgehead atoms. The third-order valence-electron chi connectivity index (χ3n) is 3.87. The summed E-state index contributed by atoms with van der Waals surface area (Å²) in [6, 6.07) is 8.41. The molecule has 0 spiro atoms. The molecule has 0 fully saturated rings. The third kappa shape index (κ3) is 2.56.